The van der Waals surface area contributed by atoms with Crippen molar-refractivity contribution in [2.75, 3.05) is 11.9 Å². The summed E-state index contributed by atoms with van der Waals surface area (Å²) in [4.78, 5) is 17.4. The van der Waals surface area contributed by atoms with Gasteiger partial charge in [0, 0.05) is 25.4 Å². The number of Topliss-reactive ketones (excluding diaryl/α,β-unsaturated/α-hetero) is 1. The third kappa shape index (κ3) is 1.72. The van der Waals surface area contributed by atoms with E-state index < -0.39 is 0 Å². The number of ketones is 1. The lowest BCUT2D eigenvalue weighted by molar-refractivity contribution is 0.101. The van der Waals surface area contributed by atoms with E-state index in [4.69, 9.17) is 0 Å². The van der Waals surface area contributed by atoms with E-state index in [9.17, 15) is 4.79 Å². The fourth-order valence-corrected chi connectivity index (χ4v) is 2.11. The molecule has 1 aliphatic rings. The fourth-order valence-electron chi connectivity index (χ4n) is 1.21. The molecular formula is C9H12N2OS. The van der Waals surface area contributed by atoms with Crippen molar-refractivity contribution in [2.45, 2.75) is 25.8 Å². The van der Waals surface area contributed by atoms with Crippen LogP contribution in [-0.2, 0) is 0 Å². The first-order chi connectivity index (χ1) is 6.18. The van der Waals surface area contributed by atoms with E-state index in [0.717, 1.165) is 5.13 Å². The van der Waals surface area contributed by atoms with Crippen LogP contribution < -0.4 is 4.90 Å². The van der Waals surface area contributed by atoms with Gasteiger partial charge in [0.05, 0.1) is 0 Å². The lowest BCUT2D eigenvalue weighted by atomic mass is 10.4. The number of carbonyl (C=O) groups is 1. The van der Waals surface area contributed by atoms with Gasteiger partial charge in [0.2, 0.25) is 0 Å². The zero-order valence-electron chi connectivity index (χ0n) is 7.78. The lowest BCUT2D eigenvalue weighted by Crippen LogP contribution is -2.19. The minimum absolute atomic E-state index is 0.0479. The first kappa shape index (κ1) is 8.69. The fraction of sp³-hybridized carbons (Fsp3) is 0.556. The third-order valence-electron chi connectivity index (χ3n) is 2.25. The molecule has 1 aromatic heterocycles. The number of thiazole rings is 1. The van der Waals surface area contributed by atoms with Crippen LogP contribution in [0.1, 0.15) is 30.3 Å². The van der Waals surface area contributed by atoms with Crippen molar-refractivity contribution in [1.29, 1.82) is 0 Å². The van der Waals surface area contributed by atoms with Gasteiger partial charge in [0.1, 0.15) is 5.69 Å². The van der Waals surface area contributed by atoms with E-state index in [0.29, 0.717) is 11.7 Å². The SMILES string of the molecule is CC(=O)c1csc(N(C)C2CC2)n1. The molecule has 0 N–H and O–H groups in total. The summed E-state index contributed by atoms with van der Waals surface area (Å²) >= 11 is 1.55. The maximum atomic E-state index is 11.0. The molecule has 1 aliphatic carbocycles. The molecule has 1 aromatic rings. The van der Waals surface area contributed by atoms with Crippen molar-refractivity contribution < 1.29 is 4.79 Å². The Hall–Kier alpha value is -0.900. The maximum absolute atomic E-state index is 11.0. The molecule has 1 saturated carbocycles. The second kappa shape index (κ2) is 3.10. The largest absolute Gasteiger partial charge is 0.348 e. The Morgan fingerprint density at radius 3 is 2.85 bits per heavy atom. The summed E-state index contributed by atoms with van der Waals surface area (Å²) in [5, 5.41) is 2.80. The lowest BCUT2D eigenvalue weighted by Gasteiger charge is -2.13. The van der Waals surface area contributed by atoms with Crippen molar-refractivity contribution in [1.82, 2.24) is 4.98 Å². The number of hydrogen-bond acceptors (Lipinski definition) is 4. The summed E-state index contributed by atoms with van der Waals surface area (Å²) in [6.07, 6.45) is 2.51. The van der Waals surface area contributed by atoms with E-state index >= 15 is 0 Å². The van der Waals surface area contributed by atoms with Crippen molar-refractivity contribution in [2.24, 2.45) is 0 Å². The predicted octanol–water partition coefficient (Wildman–Crippen LogP) is 1.94. The first-order valence-corrected chi connectivity index (χ1v) is 5.26. The standard InChI is InChI=1S/C9H12N2OS/c1-6(12)8-5-13-9(10-8)11(2)7-3-4-7/h5,7H,3-4H2,1-2H3. The number of rotatable bonds is 3. The van der Waals surface area contributed by atoms with Crippen LogP contribution >= 0.6 is 11.3 Å². The van der Waals surface area contributed by atoms with Crippen LogP contribution in [0.4, 0.5) is 5.13 Å². The number of carbonyl (C=O) groups excluding carboxylic acids is 1. The van der Waals surface area contributed by atoms with E-state index in [1.807, 2.05) is 12.4 Å². The number of anilines is 1. The van der Waals surface area contributed by atoms with Crippen LogP contribution in [0.2, 0.25) is 0 Å². The highest BCUT2D eigenvalue weighted by molar-refractivity contribution is 7.13. The van der Waals surface area contributed by atoms with Gasteiger partial charge in [-0.2, -0.15) is 0 Å². The highest BCUT2D eigenvalue weighted by Gasteiger charge is 2.28. The molecule has 0 bridgehead atoms. The van der Waals surface area contributed by atoms with Gasteiger partial charge in [-0.1, -0.05) is 0 Å². The Kier molecular flexibility index (Phi) is 2.07. The molecule has 0 spiro atoms. The highest BCUT2D eigenvalue weighted by atomic mass is 32.1. The van der Waals surface area contributed by atoms with Crippen molar-refractivity contribution in [3.63, 3.8) is 0 Å². The van der Waals surface area contributed by atoms with Crippen molar-refractivity contribution in [3.05, 3.63) is 11.1 Å². The monoisotopic (exact) mass is 196 g/mol. The third-order valence-corrected chi connectivity index (χ3v) is 3.18. The Bertz CT molecular complexity index is 330. The molecule has 1 heterocycles. The average molecular weight is 196 g/mol. The molecular weight excluding hydrogens is 184 g/mol. The normalized spacial score (nSPS) is 15.8. The van der Waals surface area contributed by atoms with Gasteiger partial charge in [0.15, 0.2) is 10.9 Å². The average Bonchev–Trinajstić information content (AvgIpc) is 2.81. The Balaban J connectivity index is 2.16. The summed E-state index contributed by atoms with van der Waals surface area (Å²) in [5.41, 5.74) is 0.590. The molecule has 0 aliphatic heterocycles. The van der Waals surface area contributed by atoms with E-state index in [-0.39, 0.29) is 5.78 Å². The minimum Gasteiger partial charge on any atom is -0.348 e. The summed E-state index contributed by atoms with van der Waals surface area (Å²) in [6.45, 7) is 1.55. The van der Waals surface area contributed by atoms with Crippen LogP contribution in [-0.4, -0.2) is 23.9 Å². The summed E-state index contributed by atoms with van der Waals surface area (Å²) in [7, 11) is 2.04. The smallest absolute Gasteiger partial charge is 0.185 e. The molecule has 3 nitrogen and oxygen atoms in total. The van der Waals surface area contributed by atoms with Crippen molar-refractivity contribution in [3.8, 4) is 0 Å². The zero-order valence-corrected chi connectivity index (χ0v) is 8.60. The second-order valence-corrected chi connectivity index (χ2v) is 4.25. The van der Waals surface area contributed by atoms with E-state index in [2.05, 4.69) is 9.88 Å². The number of aromatic nitrogens is 1. The molecule has 0 aromatic carbocycles. The molecule has 4 heteroatoms. The molecule has 0 amide bonds. The van der Waals surface area contributed by atoms with E-state index in [1.54, 1.807) is 18.3 Å². The van der Waals surface area contributed by atoms with Crippen LogP contribution in [0.3, 0.4) is 0 Å². The number of hydrogen-bond donors (Lipinski definition) is 0. The maximum Gasteiger partial charge on any atom is 0.185 e. The van der Waals surface area contributed by atoms with Gasteiger partial charge < -0.3 is 4.90 Å². The van der Waals surface area contributed by atoms with Crippen LogP contribution in [0.25, 0.3) is 0 Å². The minimum atomic E-state index is 0.0479. The topological polar surface area (TPSA) is 33.2 Å². The molecule has 70 valence electrons. The summed E-state index contributed by atoms with van der Waals surface area (Å²) in [5.74, 6) is 0.0479. The zero-order chi connectivity index (χ0) is 9.42. The van der Waals surface area contributed by atoms with E-state index in [1.165, 1.54) is 12.8 Å². The summed E-state index contributed by atoms with van der Waals surface area (Å²) < 4.78 is 0. The molecule has 0 radical (unpaired) electrons. The highest BCUT2D eigenvalue weighted by Crippen LogP contribution is 2.31. The number of nitrogens with zero attached hydrogens (tertiary/aromatic N) is 2. The van der Waals surface area contributed by atoms with Gasteiger partial charge in [-0.15, -0.1) is 11.3 Å². The quantitative estimate of drug-likeness (QED) is 0.693. The second-order valence-electron chi connectivity index (χ2n) is 3.41. The predicted molar refractivity (Wildman–Crippen MR) is 53.5 cm³/mol. The van der Waals surface area contributed by atoms with Crippen LogP contribution in [0, 0.1) is 0 Å². The van der Waals surface area contributed by atoms with Crippen LogP contribution in [0.5, 0.6) is 0 Å². The molecule has 0 atom stereocenters. The van der Waals surface area contributed by atoms with Gasteiger partial charge >= 0.3 is 0 Å². The first-order valence-electron chi connectivity index (χ1n) is 4.38. The van der Waals surface area contributed by atoms with Crippen LogP contribution in [0.15, 0.2) is 5.38 Å². The van der Waals surface area contributed by atoms with Gasteiger partial charge in [-0.3, -0.25) is 4.79 Å². The molecule has 0 saturated heterocycles. The van der Waals surface area contributed by atoms with Gasteiger partial charge in [-0.05, 0) is 12.8 Å². The Morgan fingerprint density at radius 1 is 1.69 bits per heavy atom. The van der Waals surface area contributed by atoms with Crippen molar-refractivity contribution >= 4 is 22.3 Å². The van der Waals surface area contributed by atoms with Gasteiger partial charge in [0.25, 0.3) is 0 Å². The van der Waals surface area contributed by atoms with Gasteiger partial charge in [-0.25, -0.2) is 4.98 Å². The molecule has 2 rings (SSSR count). The Labute approximate surface area is 81.4 Å². The molecule has 0 unspecified atom stereocenters. The summed E-state index contributed by atoms with van der Waals surface area (Å²) in [6, 6.07) is 0.658. The molecule has 13 heavy (non-hydrogen) atoms. The molecule has 1 fully saturated rings. The Morgan fingerprint density at radius 2 is 2.38 bits per heavy atom.